The molecular formula is C15H23BrN2O2. The average molecular weight is 343 g/mol. The van der Waals surface area contributed by atoms with Crippen LogP contribution in [0.5, 0.6) is 5.75 Å². The third-order valence-corrected chi connectivity index (χ3v) is 4.21. The molecule has 0 amide bonds. The molecule has 1 unspecified atom stereocenters. The van der Waals surface area contributed by atoms with Gasteiger partial charge in [0.1, 0.15) is 5.75 Å². The van der Waals surface area contributed by atoms with E-state index in [0.29, 0.717) is 6.04 Å². The number of hydrogen-bond donors (Lipinski definition) is 1. The monoisotopic (exact) mass is 342 g/mol. The minimum Gasteiger partial charge on any atom is -0.496 e. The van der Waals surface area contributed by atoms with Crippen molar-refractivity contribution in [1.82, 2.24) is 4.90 Å². The fraction of sp³-hybridized carbons (Fsp3) is 0.600. The Morgan fingerprint density at radius 2 is 2.30 bits per heavy atom. The molecular weight excluding hydrogens is 320 g/mol. The van der Waals surface area contributed by atoms with Gasteiger partial charge in [0, 0.05) is 31.4 Å². The Kier molecular flexibility index (Phi) is 5.69. The second-order valence-electron chi connectivity index (χ2n) is 5.31. The summed E-state index contributed by atoms with van der Waals surface area (Å²) in [6, 6.07) is 6.58. The first kappa shape index (κ1) is 15.6. The second kappa shape index (κ2) is 7.29. The highest BCUT2D eigenvalue weighted by Crippen LogP contribution is 2.27. The normalized spacial score (nSPS) is 20.1. The molecule has 1 saturated heterocycles. The van der Waals surface area contributed by atoms with Crippen molar-refractivity contribution in [1.29, 1.82) is 0 Å². The molecule has 5 heteroatoms. The van der Waals surface area contributed by atoms with Gasteiger partial charge in [-0.1, -0.05) is 0 Å². The molecule has 1 atom stereocenters. The lowest BCUT2D eigenvalue weighted by atomic mass is 10.2. The van der Waals surface area contributed by atoms with Crippen molar-refractivity contribution in [3.63, 3.8) is 0 Å². The molecule has 1 aromatic rings. The number of halogens is 1. The van der Waals surface area contributed by atoms with E-state index in [2.05, 4.69) is 40.0 Å². The quantitative estimate of drug-likeness (QED) is 0.891. The number of nitrogens with zero attached hydrogens (tertiary/aromatic N) is 1. The van der Waals surface area contributed by atoms with Crippen LogP contribution in [0.3, 0.4) is 0 Å². The SMILES string of the molecule is COc1ccc(NCC2CN(C(C)C)CCO2)cc1Br. The van der Waals surface area contributed by atoms with Gasteiger partial charge in [0.2, 0.25) is 0 Å². The summed E-state index contributed by atoms with van der Waals surface area (Å²) in [5.74, 6) is 0.843. The first-order valence-corrected chi connectivity index (χ1v) is 7.82. The number of methoxy groups -OCH3 is 1. The second-order valence-corrected chi connectivity index (χ2v) is 6.17. The zero-order valence-corrected chi connectivity index (χ0v) is 13.9. The summed E-state index contributed by atoms with van der Waals surface area (Å²) in [7, 11) is 1.67. The van der Waals surface area contributed by atoms with Gasteiger partial charge in [-0.25, -0.2) is 0 Å². The first-order chi connectivity index (χ1) is 9.60. The van der Waals surface area contributed by atoms with Gasteiger partial charge in [0.05, 0.1) is 24.3 Å². The van der Waals surface area contributed by atoms with E-state index < -0.39 is 0 Å². The highest BCUT2D eigenvalue weighted by atomic mass is 79.9. The average Bonchev–Trinajstić information content (AvgIpc) is 2.45. The fourth-order valence-electron chi connectivity index (χ4n) is 2.34. The predicted molar refractivity (Wildman–Crippen MR) is 85.6 cm³/mol. The highest BCUT2D eigenvalue weighted by molar-refractivity contribution is 9.10. The van der Waals surface area contributed by atoms with Gasteiger partial charge in [-0.05, 0) is 48.0 Å². The minimum atomic E-state index is 0.243. The molecule has 2 rings (SSSR count). The zero-order valence-electron chi connectivity index (χ0n) is 12.4. The predicted octanol–water partition coefficient (Wildman–Crippen LogP) is 2.98. The zero-order chi connectivity index (χ0) is 14.5. The molecule has 1 aromatic carbocycles. The van der Waals surface area contributed by atoms with E-state index >= 15 is 0 Å². The lowest BCUT2D eigenvalue weighted by Crippen LogP contribution is -2.48. The van der Waals surface area contributed by atoms with E-state index in [-0.39, 0.29) is 6.10 Å². The van der Waals surface area contributed by atoms with E-state index in [1.807, 2.05) is 18.2 Å². The van der Waals surface area contributed by atoms with Crippen molar-refractivity contribution in [2.45, 2.75) is 26.0 Å². The number of ether oxygens (including phenoxy) is 2. The summed E-state index contributed by atoms with van der Waals surface area (Å²) in [6.07, 6.45) is 0.243. The van der Waals surface area contributed by atoms with E-state index in [1.165, 1.54) is 0 Å². The van der Waals surface area contributed by atoms with Crippen molar-refractivity contribution in [3.05, 3.63) is 22.7 Å². The molecule has 1 aliphatic heterocycles. The number of rotatable bonds is 5. The molecule has 0 saturated carbocycles. The molecule has 0 spiro atoms. The smallest absolute Gasteiger partial charge is 0.133 e. The van der Waals surface area contributed by atoms with E-state index in [0.717, 1.165) is 42.2 Å². The summed E-state index contributed by atoms with van der Waals surface area (Å²) in [4.78, 5) is 2.46. The molecule has 4 nitrogen and oxygen atoms in total. The number of morpholine rings is 1. The largest absolute Gasteiger partial charge is 0.496 e. The standard InChI is InChI=1S/C15H23BrN2O2/c1-11(2)18-6-7-20-13(10-18)9-17-12-4-5-15(19-3)14(16)8-12/h4-5,8,11,13,17H,6-7,9-10H2,1-3H3. The van der Waals surface area contributed by atoms with Crippen molar-refractivity contribution in [2.24, 2.45) is 0 Å². The van der Waals surface area contributed by atoms with Gasteiger partial charge in [0.15, 0.2) is 0 Å². The first-order valence-electron chi connectivity index (χ1n) is 7.03. The Balaban J connectivity index is 1.87. The Morgan fingerprint density at radius 3 is 2.95 bits per heavy atom. The summed E-state index contributed by atoms with van der Waals surface area (Å²) in [5, 5.41) is 3.43. The molecule has 0 aromatic heterocycles. The molecule has 0 bridgehead atoms. The van der Waals surface area contributed by atoms with Crippen LogP contribution in [0.1, 0.15) is 13.8 Å². The van der Waals surface area contributed by atoms with E-state index in [9.17, 15) is 0 Å². The van der Waals surface area contributed by atoms with Gasteiger partial charge in [-0.3, -0.25) is 4.90 Å². The minimum absolute atomic E-state index is 0.243. The lowest BCUT2D eigenvalue weighted by Gasteiger charge is -2.35. The fourth-order valence-corrected chi connectivity index (χ4v) is 2.88. The van der Waals surface area contributed by atoms with Crippen LogP contribution in [0.25, 0.3) is 0 Å². The van der Waals surface area contributed by atoms with Crippen LogP contribution in [-0.2, 0) is 4.74 Å². The lowest BCUT2D eigenvalue weighted by molar-refractivity contribution is -0.0315. The van der Waals surface area contributed by atoms with Crippen molar-refractivity contribution < 1.29 is 9.47 Å². The highest BCUT2D eigenvalue weighted by Gasteiger charge is 2.21. The maximum Gasteiger partial charge on any atom is 0.133 e. The Hall–Kier alpha value is -0.780. The van der Waals surface area contributed by atoms with E-state index in [1.54, 1.807) is 7.11 Å². The molecule has 112 valence electrons. The molecule has 1 heterocycles. The molecule has 20 heavy (non-hydrogen) atoms. The molecule has 1 fully saturated rings. The van der Waals surface area contributed by atoms with Crippen LogP contribution in [0, 0.1) is 0 Å². The number of benzene rings is 1. The van der Waals surface area contributed by atoms with Gasteiger partial charge in [0.25, 0.3) is 0 Å². The van der Waals surface area contributed by atoms with Crippen molar-refractivity contribution in [3.8, 4) is 5.75 Å². The molecule has 1 aliphatic rings. The van der Waals surface area contributed by atoms with Gasteiger partial charge in [-0.2, -0.15) is 0 Å². The third kappa shape index (κ3) is 4.11. The number of hydrogen-bond acceptors (Lipinski definition) is 4. The van der Waals surface area contributed by atoms with Crippen molar-refractivity contribution in [2.75, 3.05) is 38.7 Å². The van der Waals surface area contributed by atoms with Crippen molar-refractivity contribution >= 4 is 21.6 Å². The summed E-state index contributed by atoms with van der Waals surface area (Å²) in [6.45, 7) is 8.12. The Bertz CT molecular complexity index is 440. The summed E-state index contributed by atoms with van der Waals surface area (Å²) >= 11 is 3.50. The maximum atomic E-state index is 5.81. The van der Waals surface area contributed by atoms with Crippen LogP contribution < -0.4 is 10.1 Å². The third-order valence-electron chi connectivity index (χ3n) is 3.59. The van der Waals surface area contributed by atoms with Crippen LogP contribution in [0.2, 0.25) is 0 Å². The Morgan fingerprint density at radius 1 is 1.50 bits per heavy atom. The number of nitrogens with one attached hydrogen (secondary N) is 1. The van der Waals surface area contributed by atoms with Crippen LogP contribution in [0.15, 0.2) is 22.7 Å². The topological polar surface area (TPSA) is 33.7 Å². The molecule has 0 radical (unpaired) electrons. The summed E-state index contributed by atoms with van der Waals surface area (Å²) < 4.78 is 12.0. The summed E-state index contributed by atoms with van der Waals surface area (Å²) in [5.41, 5.74) is 1.07. The maximum absolute atomic E-state index is 5.81. The van der Waals surface area contributed by atoms with E-state index in [4.69, 9.17) is 9.47 Å². The Labute approximate surface area is 129 Å². The van der Waals surface area contributed by atoms with Gasteiger partial charge in [-0.15, -0.1) is 0 Å². The van der Waals surface area contributed by atoms with Crippen LogP contribution in [-0.4, -0.2) is 50.4 Å². The molecule has 1 N–H and O–H groups in total. The van der Waals surface area contributed by atoms with Crippen LogP contribution >= 0.6 is 15.9 Å². The van der Waals surface area contributed by atoms with Gasteiger partial charge >= 0.3 is 0 Å². The number of anilines is 1. The van der Waals surface area contributed by atoms with Crippen LogP contribution in [0.4, 0.5) is 5.69 Å². The van der Waals surface area contributed by atoms with Gasteiger partial charge < -0.3 is 14.8 Å². The molecule has 0 aliphatic carbocycles.